The molecule has 172 valence electrons. The predicted molar refractivity (Wildman–Crippen MR) is 144 cm³/mol. The summed E-state index contributed by atoms with van der Waals surface area (Å²) in [7, 11) is 0. The first-order valence-electron chi connectivity index (χ1n) is 12.9. The van der Waals surface area contributed by atoms with Crippen molar-refractivity contribution in [2.24, 2.45) is 0 Å². The van der Waals surface area contributed by atoms with Gasteiger partial charge in [-0.2, -0.15) is 0 Å². The van der Waals surface area contributed by atoms with Gasteiger partial charge in [0.25, 0.3) is 0 Å². The lowest BCUT2D eigenvalue weighted by Crippen LogP contribution is -1.97. The standard InChI is InChI=1S/C33H34O/c1-2-3-4-5-6-12-23-34-28-19-17-25(18-20-28)30-21-22-31-29-16-11-10-15-27(29)24-32(31)33(30)26-13-8-7-9-14-26/h7-11,13-22H,2-6,12,23-24H2,1H3. The van der Waals surface area contributed by atoms with Gasteiger partial charge in [-0.05, 0) is 69.5 Å². The van der Waals surface area contributed by atoms with Crippen LogP contribution in [0.1, 0.15) is 56.6 Å². The van der Waals surface area contributed by atoms with E-state index in [9.17, 15) is 0 Å². The Kier molecular flexibility index (Phi) is 7.10. The molecule has 5 rings (SSSR count). The Labute approximate surface area is 204 Å². The van der Waals surface area contributed by atoms with Crippen LogP contribution < -0.4 is 4.74 Å². The van der Waals surface area contributed by atoms with Crippen LogP contribution in [0.2, 0.25) is 0 Å². The number of ether oxygens (including phenoxy) is 1. The molecule has 4 aromatic rings. The summed E-state index contributed by atoms with van der Waals surface area (Å²) in [5.74, 6) is 0.965. The molecule has 0 aliphatic heterocycles. The highest BCUT2D eigenvalue weighted by atomic mass is 16.5. The van der Waals surface area contributed by atoms with Crippen molar-refractivity contribution in [2.75, 3.05) is 6.61 Å². The molecule has 0 heterocycles. The van der Waals surface area contributed by atoms with Crippen LogP contribution in [0, 0.1) is 0 Å². The van der Waals surface area contributed by atoms with E-state index in [0.29, 0.717) is 0 Å². The molecule has 0 bridgehead atoms. The molecule has 0 aromatic heterocycles. The van der Waals surface area contributed by atoms with Gasteiger partial charge in [-0.3, -0.25) is 0 Å². The summed E-state index contributed by atoms with van der Waals surface area (Å²) in [6, 6.07) is 33.0. The molecule has 34 heavy (non-hydrogen) atoms. The van der Waals surface area contributed by atoms with E-state index in [1.807, 2.05) is 0 Å². The maximum atomic E-state index is 6.03. The van der Waals surface area contributed by atoms with Gasteiger partial charge in [0.1, 0.15) is 5.75 Å². The van der Waals surface area contributed by atoms with Gasteiger partial charge in [0.05, 0.1) is 6.61 Å². The van der Waals surface area contributed by atoms with E-state index < -0.39 is 0 Å². The molecule has 0 atom stereocenters. The van der Waals surface area contributed by atoms with Crippen molar-refractivity contribution in [3.05, 3.63) is 102 Å². The van der Waals surface area contributed by atoms with Crippen molar-refractivity contribution in [2.45, 2.75) is 51.9 Å². The van der Waals surface area contributed by atoms with Gasteiger partial charge in [-0.1, -0.05) is 118 Å². The lowest BCUT2D eigenvalue weighted by atomic mass is 9.88. The van der Waals surface area contributed by atoms with Crippen molar-refractivity contribution in [1.29, 1.82) is 0 Å². The van der Waals surface area contributed by atoms with E-state index in [1.54, 1.807) is 0 Å². The van der Waals surface area contributed by atoms with E-state index in [1.165, 1.54) is 76.6 Å². The SMILES string of the molecule is CCCCCCCCOc1ccc(-c2ccc3c(c2-c2ccccc2)Cc2ccccc2-3)cc1. The fourth-order valence-electron chi connectivity index (χ4n) is 5.19. The monoisotopic (exact) mass is 446 g/mol. The Balaban J connectivity index is 1.38. The van der Waals surface area contributed by atoms with Crippen LogP contribution in [0.5, 0.6) is 5.75 Å². The summed E-state index contributed by atoms with van der Waals surface area (Å²) >= 11 is 0. The van der Waals surface area contributed by atoms with Gasteiger partial charge in [-0.25, -0.2) is 0 Å². The molecule has 0 saturated heterocycles. The number of fused-ring (bicyclic) bond motifs is 3. The minimum Gasteiger partial charge on any atom is -0.494 e. The summed E-state index contributed by atoms with van der Waals surface area (Å²) in [6.07, 6.45) is 8.70. The molecule has 4 aromatic carbocycles. The first kappa shape index (κ1) is 22.5. The molecule has 0 fully saturated rings. The first-order chi connectivity index (χ1) is 16.8. The van der Waals surface area contributed by atoms with Gasteiger partial charge < -0.3 is 4.74 Å². The second kappa shape index (κ2) is 10.7. The zero-order valence-corrected chi connectivity index (χ0v) is 20.2. The van der Waals surface area contributed by atoms with E-state index in [-0.39, 0.29) is 0 Å². The van der Waals surface area contributed by atoms with Gasteiger partial charge in [0, 0.05) is 0 Å². The Bertz CT molecular complexity index is 1220. The Hall–Kier alpha value is -3.32. The van der Waals surface area contributed by atoms with E-state index in [2.05, 4.69) is 97.9 Å². The molecule has 1 heteroatoms. The van der Waals surface area contributed by atoms with E-state index >= 15 is 0 Å². The third kappa shape index (κ3) is 4.80. The zero-order valence-electron chi connectivity index (χ0n) is 20.2. The molecular weight excluding hydrogens is 412 g/mol. The Morgan fingerprint density at radius 3 is 2.12 bits per heavy atom. The van der Waals surface area contributed by atoms with Gasteiger partial charge >= 0.3 is 0 Å². The number of hydrogen-bond donors (Lipinski definition) is 0. The van der Waals surface area contributed by atoms with E-state index in [4.69, 9.17) is 4.74 Å². The highest BCUT2D eigenvalue weighted by molar-refractivity contribution is 5.93. The second-order valence-electron chi connectivity index (χ2n) is 9.35. The molecule has 0 amide bonds. The molecule has 1 nitrogen and oxygen atoms in total. The summed E-state index contributed by atoms with van der Waals surface area (Å²) in [4.78, 5) is 0. The fourth-order valence-corrected chi connectivity index (χ4v) is 5.19. The fraction of sp³-hybridized carbons (Fsp3) is 0.273. The average Bonchev–Trinajstić information content (AvgIpc) is 3.27. The number of unbranched alkanes of at least 4 members (excludes halogenated alkanes) is 5. The van der Waals surface area contributed by atoms with Crippen molar-refractivity contribution in [3.63, 3.8) is 0 Å². The predicted octanol–water partition coefficient (Wildman–Crippen LogP) is 9.33. The highest BCUT2D eigenvalue weighted by Crippen LogP contribution is 2.45. The smallest absolute Gasteiger partial charge is 0.119 e. The third-order valence-electron chi connectivity index (χ3n) is 6.98. The quantitative estimate of drug-likeness (QED) is 0.194. The average molecular weight is 447 g/mol. The van der Waals surface area contributed by atoms with Crippen molar-refractivity contribution < 1.29 is 4.74 Å². The molecule has 0 spiro atoms. The van der Waals surface area contributed by atoms with E-state index in [0.717, 1.165) is 25.2 Å². The topological polar surface area (TPSA) is 9.23 Å². The second-order valence-corrected chi connectivity index (χ2v) is 9.35. The zero-order chi connectivity index (χ0) is 23.2. The highest BCUT2D eigenvalue weighted by Gasteiger charge is 2.24. The summed E-state index contributed by atoms with van der Waals surface area (Å²) in [5.41, 5.74) is 10.8. The number of benzene rings is 4. The van der Waals surface area contributed by atoms with Crippen LogP contribution >= 0.6 is 0 Å². The van der Waals surface area contributed by atoms with Gasteiger partial charge in [0.2, 0.25) is 0 Å². The maximum Gasteiger partial charge on any atom is 0.119 e. The normalized spacial score (nSPS) is 11.8. The lowest BCUT2D eigenvalue weighted by molar-refractivity contribution is 0.304. The van der Waals surface area contributed by atoms with Crippen LogP contribution in [0.3, 0.4) is 0 Å². The number of rotatable bonds is 10. The Morgan fingerprint density at radius 1 is 0.588 bits per heavy atom. The molecule has 1 aliphatic rings. The van der Waals surface area contributed by atoms with Crippen LogP contribution in [-0.2, 0) is 6.42 Å². The van der Waals surface area contributed by atoms with Crippen LogP contribution in [0.4, 0.5) is 0 Å². The maximum absolute atomic E-state index is 6.03. The Morgan fingerprint density at radius 2 is 1.29 bits per heavy atom. The first-order valence-corrected chi connectivity index (χ1v) is 12.9. The van der Waals surface area contributed by atoms with Gasteiger partial charge in [-0.15, -0.1) is 0 Å². The van der Waals surface area contributed by atoms with Crippen molar-refractivity contribution >= 4 is 0 Å². The minimum absolute atomic E-state index is 0.803. The third-order valence-corrected chi connectivity index (χ3v) is 6.98. The molecule has 0 N–H and O–H groups in total. The largest absolute Gasteiger partial charge is 0.494 e. The van der Waals surface area contributed by atoms with Crippen molar-refractivity contribution in [1.82, 2.24) is 0 Å². The summed E-state index contributed by atoms with van der Waals surface area (Å²) < 4.78 is 6.03. The van der Waals surface area contributed by atoms with Crippen LogP contribution in [0.25, 0.3) is 33.4 Å². The summed E-state index contributed by atoms with van der Waals surface area (Å²) in [6.45, 7) is 3.06. The molecule has 0 saturated carbocycles. The molecule has 1 aliphatic carbocycles. The number of hydrogen-bond acceptors (Lipinski definition) is 1. The molecule has 0 unspecified atom stereocenters. The lowest BCUT2D eigenvalue weighted by Gasteiger charge is -2.16. The van der Waals surface area contributed by atoms with Crippen LogP contribution in [0.15, 0.2) is 91.0 Å². The molecule has 0 radical (unpaired) electrons. The summed E-state index contributed by atoms with van der Waals surface area (Å²) in [5, 5.41) is 0. The van der Waals surface area contributed by atoms with Crippen LogP contribution in [-0.4, -0.2) is 6.61 Å². The molecular formula is C33H34O. The minimum atomic E-state index is 0.803. The van der Waals surface area contributed by atoms with Crippen molar-refractivity contribution in [3.8, 4) is 39.1 Å². The van der Waals surface area contributed by atoms with Gasteiger partial charge in [0.15, 0.2) is 0 Å².